The lowest BCUT2D eigenvalue weighted by Gasteiger charge is -2.06. The Morgan fingerprint density at radius 2 is 1.95 bits per heavy atom. The zero-order chi connectivity index (χ0) is 15.8. The van der Waals surface area contributed by atoms with Gasteiger partial charge in [-0.2, -0.15) is 4.99 Å². The van der Waals surface area contributed by atoms with Crippen molar-refractivity contribution in [3.63, 3.8) is 0 Å². The van der Waals surface area contributed by atoms with Crippen LogP contribution in [0.4, 0.5) is 5.69 Å². The van der Waals surface area contributed by atoms with Crippen molar-refractivity contribution >= 4 is 17.6 Å². The molecule has 1 aromatic heterocycles. The molecule has 0 atom stereocenters. The van der Waals surface area contributed by atoms with Crippen molar-refractivity contribution in [3.8, 4) is 5.75 Å². The van der Waals surface area contributed by atoms with E-state index in [2.05, 4.69) is 15.0 Å². The van der Waals surface area contributed by atoms with Crippen molar-refractivity contribution in [2.45, 2.75) is 6.42 Å². The summed E-state index contributed by atoms with van der Waals surface area (Å²) in [5.41, 5.74) is 17.6. The van der Waals surface area contributed by atoms with E-state index in [9.17, 15) is 0 Å². The molecule has 0 saturated heterocycles. The van der Waals surface area contributed by atoms with Gasteiger partial charge in [-0.3, -0.25) is 4.98 Å². The van der Waals surface area contributed by atoms with Crippen LogP contribution >= 0.6 is 0 Å². The smallest absolute Gasteiger partial charge is 0.223 e. The fourth-order valence-corrected chi connectivity index (χ4v) is 1.75. The maximum Gasteiger partial charge on any atom is 0.223 e. The molecule has 2 aromatic rings. The molecule has 0 spiro atoms. The van der Waals surface area contributed by atoms with E-state index in [1.165, 1.54) is 0 Å². The van der Waals surface area contributed by atoms with E-state index in [4.69, 9.17) is 21.9 Å². The molecule has 0 unspecified atom stereocenters. The van der Waals surface area contributed by atoms with Crippen LogP contribution in [-0.2, 0) is 6.42 Å². The van der Waals surface area contributed by atoms with Crippen LogP contribution in [0.2, 0.25) is 0 Å². The number of hydrogen-bond donors (Lipinski definition) is 3. The van der Waals surface area contributed by atoms with E-state index < -0.39 is 0 Å². The number of pyridine rings is 1. The average Bonchev–Trinajstić information content (AvgIpc) is 2.48. The van der Waals surface area contributed by atoms with E-state index in [-0.39, 0.29) is 11.9 Å². The first-order valence-corrected chi connectivity index (χ1v) is 6.70. The fraction of sp³-hybridized carbons (Fsp3) is 0.133. The predicted molar refractivity (Wildman–Crippen MR) is 87.0 cm³/mol. The molecule has 0 saturated carbocycles. The van der Waals surface area contributed by atoms with Crippen molar-refractivity contribution in [1.29, 1.82) is 0 Å². The van der Waals surface area contributed by atoms with Gasteiger partial charge in [0, 0.05) is 24.4 Å². The number of ether oxygens (including phenoxy) is 1. The van der Waals surface area contributed by atoms with Gasteiger partial charge in [-0.05, 0) is 24.3 Å². The van der Waals surface area contributed by atoms with Gasteiger partial charge in [-0.1, -0.05) is 12.1 Å². The van der Waals surface area contributed by atoms with Gasteiger partial charge in [0.25, 0.3) is 0 Å². The monoisotopic (exact) mass is 298 g/mol. The van der Waals surface area contributed by atoms with Crippen LogP contribution in [0.25, 0.3) is 0 Å². The molecule has 22 heavy (non-hydrogen) atoms. The molecule has 1 aromatic carbocycles. The summed E-state index contributed by atoms with van der Waals surface area (Å²) in [6, 6.07) is 13.0. The van der Waals surface area contributed by atoms with Crippen LogP contribution in [0.1, 0.15) is 5.69 Å². The molecule has 7 heteroatoms. The number of benzene rings is 1. The third kappa shape index (κ3) is 5.12. The highest BCUT2D eigenvalue weighted by Crippen LogP contribution is 2.20. The Hall–Kier alpha value is -3.09. The second-order valence-electron chi connectivity index (χ2n) is 4.42. The molecule has 114 valence electrons. The number of nitrogens with zero attached hydrogens (tertiary/aromatic N) is 3. The zero-order valence-corrected chi connectivity index (χ0v) is 12.0. The Bertz CT molecular complexity index is 665. The summed E-state index contributed by atoms with van der Waals surface area (Å²) in [6.45, 7) is 0.521. The SMILES string of the molecule is NC(N)=NC(N)=Nc1cccc(OCCc2ccccn2)c1. The van der Waals surface area contributed by atoms with Gasteiger partial charge in [0.1, 0.15) is 5.75 Å². The molecule has 1 heterocycles. The third-order valence-corrected chi connectivity index (χ3v) is 2.66. The standard InChI is InChI=1S/C15H18N6O/c16-14(17)21-15(18)20-12-5-3-6-13(10-12)22-9-7-11-4-1-2-8-19-11/h1-6,8,10H,7,9H2,(H6,16,17,18,20,21). The Morgan fingerprint density at radius 1 is 1.09 bits per heavy atom. The average molecular weight is 298 g/mol. The highest BCUT2D eigenvalue weighted by Gasteiger charge is 1.99. The van der Waals surface area contributed by atoms with E-state index in [0.717, 1.165) is 12.1 Å². The van der Waals surface area contributed by atoms with Gasteiger partial charge in [0.2, 0.25) is 5.96 Å². The van der Waals surface area contributed by atoms with Crippen molar-refractivity contribution in [1.82, 2.24) is 4.98 Å². The van der Waals surface area contributed by atoms with Crippen LogP contribution in [-0.4, -0.2) is 23.5 Å². The summed E-state index contributed by atoms with van der Waals surface area (Å²) in [5, 5.41) is 0. The number of nitrogens with two attached hydrogens (primary N) is 3. The van der Waals surface area contributed by atoms with Gasteiger partial charge in [0.05, 0.1) is 12.3 Å². The molecule has 0 aliphatic carbocycles. The summed E-state index contributed by atoms with van der Waals surface area (Å²) in [5.74, 6) is 0.546. The Labute approximate surface area is 128 Å². The molecule has 0 bridgehead atoms. The minimum atomic E-state index is -0.135. The predicted octanol–water partition coefficient (Wildman–Crippen LogP) is 0.923. The van der Waals surface area contributed by atoms with Crippen molar-refractivity contribution in [2.24, 2.45) is 27.2 Å². The molecule has 0 amide bonds. The number of aromatic nitrogens is 1. The summed E-state index contributed by atoms with van der Waals surface area (Å²) < 4.78 is 5.68. The minimum Gasteiger partial charge on any atom is -0.493 e. The Morgan fingerprint density at radius 3 is 2.68 bits per heavy atom. The molecule has 0 aliphatic rings. The molecule has 6 N–H and O–H groups in total. The lowest BCUT2D eigenvalue weighted by Crippen LogP contribution is -2.26. The summed E-state index contributed by atoms with van der Waals surface area (Å²) in [4.78, 5) is 12.0. The molecule has 7 nitrogen and oxygen atoms in total. The molecule has 0 aliphatic heterocycles. The van der Waals surface area contributed by atoms with Crippen LogP contribution in [0.3, 0.4) is 0 Å². The lowest BCUT2D eigenvalue weighted by molar-refractivity contribution is 0.320. The van der Waals surface area contributed by atoms with Crippen LogP contribution in [0.5, 0.6) is 5.75 Å². The lowest BCUT2D eigenvalue weighted by atomic mass is 10.3. The van der Waals surface area contributed by atoms with Gasteiger partial charge in [0.15, 0.2) is 5.96 Å². The zero-order valence-electron chi connectivity index (χ0n) is 12.0. The van der Waals surface area contributed by atoms with Crippen LogP contribution in [0.15, 0.2) is 58.6 Å². The second-order valence-corrected chi connectivity index (χ2v) is 4.42. The molecular weight excluding hydrogens is 280 g/mol. The Balaban J connectivity index is 1.95. The number of rotatable bonds is 5. The molecule has 2 rings (SSSR count). The van der Waals surface area contributed by atoms with Gasteiger partial charge in [-0.25, -0.2) is 4.99 Å². The highest BCUT2D eigenvalue weighted by molar-refractivity contribution is 5.93. The van der Waals surface area contributed by atoms with Crippen molar-refractivity contribution < 1.29 is 4.74 Å². The van der Waals surface area contributed by atoms with E-state index >= 15 is 0 Å². The normalized spacial score (nSPS) is 11.0. The van der Waals surface area contributed by atoms with E-state index in [1.807, 2.05) is 30.3 Å². The number of aliphatic imine (C=N–C) groups is 2. The minimum absolute atomic E-state index is 0.00867. The first-order valence-electron chi connectivity index (χ1n) is 6.70. The number of hydrogen-bond acceptors (Lipinski definition) is 3. The largest absolute Gasteiger partial charge is 0.493 e. The van der Waals surface area contributed by atoms with E-state index in [0.29, 0.717) is 18.0 Å². The van der Waals surface area contributed by atoms with Gasteiger partial charge < -0.3 is 21.9 Å². The topological polar surface area (TPSA) is 125 Å². The van der Waals surface area contributed by atoms with Crippen molar-refractivity contribution in [2.75, 3.05) is 6.61 Å². The first kappa shape index (κ1) is 15.3. The Kier molecular flexibility index (Phi) is 5.31. The van der Waals surface area contributed by atoms with Crippen LogP contribution < -0.4 is 21.9 Å². The summed E-state index contributed by atoms with van der Waals surface area (Å²) in [6.07, 6.45) is 2.49. The molecular formula is C15H18N6O. The fourth-order valence-electron chi connectivity index (χ4n) is 1.75. The molecule has 0 radical (unpaired) electrons. The van der Waals surface area contributed by atoms with Crippen molar-refractivity contribution in [3.05, 3.63) is 54.4 Å². The van der Waals surface area contributed by atoms with Gasteiger partial charge in [-0.15, -0.1) is 0 Å². The summed E-state index contributed by atoms with van der Waals surface area (Å²) in [7, 11) is 0. The quantitative estimate of drug-likeness (QED) is 0.559. The second kappa shape index (κ2) is 7.63. The summed E-state index contributed by atoms with van der Waals surface area (Å²) >= 11 is 0. The van der Waals surface area contributed by atoms with E-state index in [1.54, 1.807) is 18.3 Å². The van der Waals surface area contributed by atoms with Crippen LogP contribution in [0, 0.1) is 0 Å². The number of guanidine groups is 2. The maximum atomic E-state index is 5.68. The van der Waals surface area contributed by atoms with Gasteiger partial charge >= 0.3 is 0 Å². The third-order valence-electron chi connectivity index (χ3n) is 2.66. The highest BCUT2D eigenvalue weighted by atomic mass is 16.5. The molecule has 0 fully saturated rings. The first-order chi connectivity index (χ1) is 10.6. The maximum absolute atomic E-state index is 5.68.